The van der Waals surface area contributed by atoms with E-state index in [2.05, 4.69) is 47.7 Å². The van der Waals surface area contributed by atoms with E-state index < -0.39 is 8.32 Å². The normalized spacial score (nSPS) is 12.6. The Kier molecular flexibility index (Phi) is 5.70. The molecule has 0 aliphatic rings. The Morgan fingerprint density at radius 1 is 0.897 bits per heavy atom. The number of hydrogen-bond donors (Lipinski definition) is 0. The Morgan fingerprint density at radius 3 is 1.97 bits per heavy atom. The highest BCUT2D eigenvalue weighted by molar-refractivity contribution is 6.74. The fourth-order valence-electron chi connectivity index (χ4n) is 3.84. The molecule has 0 N–H and O–H groups in total. The minimum atomic E-state index is -2.12. The van der Waals surface area contributed by atoms with E-state index >= 15 is 4.39 Å². The number of methoxy groups -OCH3 is 1. The molecule has 3 aromatic carbocycles. The molecule has 4 heteroatoms. The Hall–Kier alpha value is -2.07. The number of rotatable bonds is 5. The van der Waals surface area contributed by atoms with Crippen LogP contribution in [-0.2, 0) is 12.8 Å². The topological polar surface area (TPSA) is 18.5 Å². The molecule has 156 valence electrons. The SMILES string of the molecule is CCc1c(CC)c(OC)c2c(cc(F)c3ccccc32)c1O[Si](C)(C)C(C)(C)C. The minimum absolute atomic E-state index is 0.0477. The highest BCUT2D eigenvalue weighted by atomic mass is 28.4. The summed E-state index contributed by atoms with van der Waals surface area (Å²) in [6.45, 7) is 15.4. The third-order valence-corrected chi connectivity index (χ3v) is 10.8. The average Bonchev–Trinajstić information content (AvgIpc) is 2.66. The van der Waals surface area contributed by atoms with Crippen molar-refractivity contribution >= 4 is 29.9 Å². The number of hydrogen-bond acceptors (Lipinski definition) is 2. The van der Waals surface area contributed by atoms with Gasteiger partial charge in [-0.1, -0.05) is 58.9 Å². The van der Waals surface area contributed by atoms with Crippen LogP contribution in [0.3, 0.4) is 0 Å². The standard InChI is InChI=1S/C25H33FO2Si/c1-9-16-17(10-2)24(27-6)22-19-14-12-11-13-18(19)21(26)15-20(22)23(16)28-29(7,8)25(3,4)5/h11-15H,9-10H2,1-8H3. The van der Waals surface area contributed by atoms with Gasteiger partial charge in [-0.2, -0.15) is 0 Å². The van der Waals surface area contributed by atoms with E-state index in [-0.39, 0.29) is 10.9 Å². The summed E-state index contributed by atoms with van der Waals surface area (Å²) in [6.07, 6.45) is 1.65. The predicted octanol–water partition coefficient (Wildman–Crippen LogP) is 7.65. The van der Waals surface area contributed by atoms with Gasteiger partial charge >= 0.3 is 0 Å². The zero-order chi connectivity index (χ0) is 21.6. The monoisotopic (exact) mass is 412 g/mol. The second-order valence-electron chi connectivity index (χ2n) is 9.22. The summed E-state index contributed by atoms with van der Waals surface area (Å²) in [5.41, 5.74) is 2.30. The lowest BCUT2D eigenvalue weighted by Gasteiger charge is -2.38. The Bertz CT molecular complexity index is 1060. The van der Waals surface area contributed by atoms with Crippen molar-refractivity contribution < 1.29 is 13.6 Å². The van der Waals surface area contributed by atoms with E-state index in [1.165, 1.54) is 0 Å². The number of halogens is 1. The molecule has 0 atom stereocenters. The molecule has 29 heavy (non-hydrogen) atoms. The maximum atomic E-state index is 15.1. The molecule has 0 spiro atoms. The van der Waals surface area contributed by atoms with Crippen LogP contribution in [-0.4, -0.2) is 15.4 Å². The summed E-state index contributed by atoms with van der Waals surface area (Å²) in [6, 6.07) is 9.27. The van der Waals surface area contributed by atoms with Gasteiger partial charge in [0.15, 0.2) is 0 Å². The van der Waals surface area contributed by atoms with Crippen molar-refractivity contribution in [3.8, 4) is 11.5 Å². The zero-order valence-corrected chi connectivity index (χ0v) is 20.0. The van der Waals surface area contributed by atoms with Crippen LogP contribution in [0.4, 0.5) is 4.39 Å². The highest BCUT2D eigenvalue weighted by Crippen LogP contribution is 2.48. The molecule has 0 amide bonds. The van der Waals surface area contributed by atoms with Crippen LogP contribution in [0.25, 0.3) is 21.5 Å². The van der Waals surface area contributed by atoms with E-state index in [9.17, 15) is 0 Å². The smallest absolute Gasteiger partial charge is 0.250 e. The molecule has 0 unspecified atom stereocenters. The number of benzene rings is 3. The van der Waals surface area contributed by atoms with E-state index in [1.54, 1.807) is 13.2 Å². The molecule has 0 saturated carbocycles. The average molecular weight is 413 g/mol. The van der Waals surface area contributed by atoms with Crippen molar-refractivity contribution in [1.82, 2.24) is 0 Å². The molecule has 0 radical (unpaired) electrons. The molecule has 0 aromatic heterocycles. The lowest BCUT2D eigenvalue weighted by molar-refractivity contribution is 0.413. The largest absolute Gasteiger partial charge is 0.543 e. The van der Waals surface area contributed by atoms with Gasteiger partial charge in [0.05, 0.1) is 7.11 Å². The Balaban J connectivity index is 2.53. The van der Waals surface area contributed by atoms with Gasteiger partial charge in [-0.05, 0) is 48.0 Å². The van der Waals surface area contributed by atoms with Crippen LogP contribution in [0.1, 0.15) is 45.7 Å². The van der Waals surface area contributed by atoms with Crippen LogP contribution >= 0.6 is 0 Å². The number of fused-ring (bicyclic) bond motifs is 3. The summed E-state index contributed by atoms with van der Waals surface area (Å²) in [5.74, 6) is 1.47. The second kappa shape index (κ2) is 7.64. The van der Waals surface area contributed by atoms with E-state index in [0.29, 0.717) is 5.39 Å². The van der Waals surface area contributed by atoms with Crippen LogP contribution in [0.15, 0.2) is 30.3 Å². The summed E-state index contributed by atoms with van der Waals surface area (Å²) >= 11 is 0. The molecule has 0 aliphatic heterocycles. The highest BCUT2D eigenvalue weighted by Gasteiger charge is 2.40. The summed E-state index contributed by atoms with van der Waals surface area (Å²) in [5, 5.41) is 3.30. The second-order valence-corrected chi connectivity index (χ2v) is 13.9. The van der Waals surface area contributed by atoms with E-state index in [0.717, 1.165) is 51.6 Å². The van der Waals surface area contributed by atoms with Crippen LogP contribution in [0.2, 0.25) is 18.1 Å². The van der Waals surface area contributed by atoms with Gasteiger partial charge in [0.1, 0.15) is 17.3 Å². The lowest BCUT2D eigenvalue weighted by atomic mass is 9.91. The predicted molar refractivity (Wildman–Crippen MR) is 125 cm³/mol. The van der Waals surface area contributed by atoms with Gasteiger partial charge in [-0.3, -0.25) is 0 Å². The molecule has 3 rings (SSSR count). The molecule has 2 nitrogen and oxygen atoms in total. The fraction of sp³-hybridized carbons (Fsp3) is 0.440. The molecule has 3 aromatic rings. The Morgan fingerprint density at radius 2 is 1.45 bits per heavy atom. The van der Waals surface area contributed by atoms with E-state index in [4.69, 9.17) is 9.16 Å². The molecule has 0 heterocycles. The first-order valence-corrected chi connectivity index (χ1v) is 13.4. The van der Waals surface area contributed by atoms with Crippen molar-refractivity contribution in [1.29, 1.82) is 0 Å². The van der Waals surface area contributed by atoms with Gasteiger partial charge < -0.3 is 9.16 Å². The molecular weight excluding hydrogens is 379 g/mol. The molecular formula is C25H33FO2Si. The van der Waals surface area contributed by atoms with Gasteiger partial charge in [0.25, 0.3) is 8.32 Å². The lowest BCUT2D eigenvalue weighted by Crippen LogP contribution is -2.44. The summed E-state index contributed by atoms with van der Waals surface area (Å²) in [7, 11) is -0.414. The molecule has 0 aliphatic carbocycles. The van der Waals surface area contributed by atoms with Gasteiger partial charge in [0.2, 0.25) is 0 Å². The van der Waals surface area contributed by atoms with Crippen molar-refractivity contribution in [3.63, 3.8) is 0 Å². The third kappa shape index (κ3) is 3.52. The van der Waals surface area contributed by atoms with Gasteiger partial charge in [-0.15, -0.1) is 0 Å². The molecule has 0 bridgehead atoms. The number of ether oxygens (including phenoxy) is 1. The summed E-state index contributed by atoms with van der Waals surface area (Å²) < 4.78 is 27.9. The quantitative estimate of drug-likeness (QED) is 0.316. The van der Waals surface area contributed by atoms with E-state index in [1.807, 2.05) is 24.3 Å². The fourth-order valence-corrected chi connectivity index (χ4v) is 4.89. The van der Waals surface area contributed by atoms with Crippen LogP contribution in [0, 0.1) is 5.82 Å². The van der Waals surface area contributed by atoms with Crippen molar-refractivity contribution in [2.75, 3.05) is 7.11 Å². The summed E-state index contributed by atoms with van der Waals surface area (Å²) in [4.78, 5) is 0. The first-order valence-electron chi connectivity index (χ1n) is 10.5. The van der Waals surface area contributed by atoms with Crippen LogP contribution in [0.5, 0.6) is 11.5 Å². The van der Waals surface area contributed by atoms with Crippen molar-refractivity contribution in [3.05, 3.63) is 47.3 Å². The van der Waals surface area contributed by atoms with Crippen LogP contribution < -0.4 is 9.16 Å². The maximum absolute atomic E-state index is 15.1. The third-order valence-electron chi connectivity index (χ3n) is 6.45. The molecule has 0 saturated heterocycles. The Labute approximate surface area is 175 Å². The van der Waals surface area contributed by atoms with Gasteiger partial charge in [-0.25, -0.2) is 4.39 Å². The zero-order valence-electron chi connectivity index (χ0n) is 19.0. The first-order chi connectivity index (χ1) is 13.6. The maximum Gasteiger partial charge on any atom is 0.250 e. The van der Waals surface area contributed by atoms with Gasteiger partial charge in [0, 0.05) is 21.7 Å². The molecule has 0 fully saturated rings. The first kappa shape index (κ1) is 21.6. The van der Waals surface area contributed by atoms with Crippen molar-refractivity contribution in [2.45, 2.75) is 65.6 Å². The van der Waals surface area contributed by atoms with Crippen molar-refractivity contribution in [2.24, 2.45) is 0 Å². The minimum Gasteiger partial charge on any atom is -0.543 e.